The molecule has 0 saturated heterocycles. The Morgan fingerprint density at radius 1 is 1.37 bits per heavy atom. The Morgan fingerprint density at radius 2 is 2.05 bits per heavy atom. The molecule has 0 bridgehead atoms. The standard InChI is InChI=1S/C10H8BrCl2N3O2S/c1-16-10(8(13)5-14-16)19(17,18)15-9-3-2-6(12)4-7(9)11/h2-5,15H,1H3. The van der Waals surface area contributed by atoms with Gasteiger partial charge in [0.25, 0.3) is 10.0 Å². The maximum Gasteiger partial charge on any atom is 0.280 e. The summed E-state index contributed by atoms with van der Waals surface area (Å²) in [6.07, 6.45) is 1.27. The van der Waals surface area contributed by atoms with Gasteiger partial charge in [-0.05, 0) is 34.1 Å². The number of halogens is 3. The minimum atomic E-state index is -3.82. The van der Waals surface area contributed by atoms with Crippen LogP contribution < -0.4 is 4.72 Å². The number of aromatic nitrogens is 2. The van der Waals surface area contributed by atoms with E-state index >= 15 is 0 Å². The molecule has 2 aromatic rings. The molecule has 0 aliphatic carbocycles. The molecule has 0 spiro atoms. The summed E-state index contributed by atoms with van der Waals surface area (Å²) in [7, 11) is -2.32. The lowest BCUT2D eigenvalue weighted by Gasteiger charge is -2.10. The summed E-state index contributed by atoms with van der Waals surface area (Å²) >= 11 is 14.9. The number of hydrogen-bond acceptors (Lipinski definition) is 3. The van der Waals surface area contributed by atoms with E-state index in [2.05, 4.69) is 25.8 Å². The molecule has 5 nitrogen and oxygen atoms in total. The lowest BCUT2D eigenvalue weighted by Crippen LogP contribution is -2.17. The third-order valence-corrected chi connectivity index (χ3v) is 5.03. The number of hydrogen-bond donors (Lipinski definition) is 1. The molecular formula is C10H8BrCl2N3O2S. The van der Waals surface area contributed by atoms with Gasteiger partial charge in [0, 0.05) is 16.5 Å². The molecule has 0 fully saturated rings. The van der Waals surface area contributed by atoms with Crippen molar-refractivity contribution in [2.24, 2.45) is 7.05 Å². The Kier molecular flexibility index (Phi) is 4.10. The van der Waals surface area contributed by atoms with Crippen molar-refractivity contribution in [2.75, 3.05) is 4.72 Å². The second-order valence-electron chi connectivity index (χ2n) is 3.65. The predicted molar refractivity (Wildman–Crippen MR) is 78.2 cm³/mol. The summed E-state index contributed by atoms with van der Waals surface area (Å²) in [5, 5.41) is 4.24. The minimum Gasteiger partial charge on any atom is -0.277 e. The molecule has 102 valence electrons. The number of anilines is 1. The van der Waals surface area contributed by atoms with E-state index in [1.54, 1.807) is 18.2 Å². The van der Waals surface area contributed by atoms with E-state index in [1.807, 2.05) is 0 Å². The van der Waals surface area contributed by atoms with E-state index in [0.717, 1.165) is 0 Å². The summed E-state index contributed by atoms with van der Waals surface area (Å²) in [6.45, 7) is 0. The first-order valence-corrected chi connectivity index (χ1v) is 8.00. The fourth-order valence-electron chi connectivity index (χ4n) is 1.47. The zero-order chi connectivity index (χ0) is 14.2. The Bertz CT molecular complexity index is 711. The lowest BCUT2D eigenvalue weighted by atomic mass is 10.3. The zero-order valence-electron chi connectivity index (χ0n) is 9.56. The van der Waals surface area contributed by atoms with Crippen LogP contribution in [0.1, 0.15) is 0 Å². The van der Waals surface area contributed by atoms with Crippen LogP contribution in [0.5, 0.6) is 0 Å². The van der Waals surface area contributed by atoms with Gasteiger partial charge >= 0.3 is 0 Å². The van der Waals surface area contributed by atoms with E-state index in [0.29, 0.717) is 15.2 Å². The molecule has 1 aromatic heterocycles. The summed E-state index contributed by atoms with van der Waals surface area (Å²) in [6, 6.07) is 4.72. The molecule has 19 heavy (non-hydrogen) atoms. The van der Waals surface area contributed by atoms with Crippen LogP contribution in [0.25, 0.3) is 0 Å². The van der Waals surface area contributed by atoms with E-state index in [-0.39, 0.29) is 10.0 Å². The Morgan fingerprint density at radius 3 is 2.58 bits per heavy atom. The van der Waals surface area contributed by atoms with Gasteiger partial charge in [-0.3, -0.25) is 9.40 Å². The molecule has 1 heterocycles. The van der Waals surface area contributed by atoms with Crippen molar-refractivity contribution in [3.8, 4) is 0 Å². The zero-order valence-corrected chi connectivity index (χ0v) is 13.5. The first-order chi connectivity index (χ1) is 8.81. The van der Waals surface area contributed by atoms with Gasteiger partial charge in [0.1, 0.15) is 0 Å². The molecule has 0 aliphatic heterocycles. The fraction of sp³-hybridized carbons (Fsp3) is 0.100. The highest BCUT2D eigenvalue weighted by Crippen LogP contribution is 2.29. The van der Waals surface area contributed by atoms with Crippen molar-refractivity contribution in [1.29, 1.82) is 0 Å². The fourth-order valence-corrected chi connectivity index (χ4v) is 4.12. The van der Waals surface area contributed by atoms with Crippen molar-refractivity contribution in [3.63, 3.8) is 0 Å². The second-order valence-corrected chi connectivity index (χ2v) is 6.95. The molecule has 0 atom stereocenters. The smallest absolute Gasteiger partial charge is 0.277 e. The molecule has 9 heteroatoms. The van der Waals surface area contributed by atoms with Crippen molar-refractivity contribution >= 4 is 54.8 Å². The highest BCUT2D eigenvalue weighted by atomic mass is 79.9. The summed E-state index contributed by atoms with van der Waals surface area (Å²) in [5.74, 6) is 0. The molecule has 1 aromatic carbocycles. The molecule has 0 aliphatic rings. The van der Waals surface area contributed by atoms with Crippen LogP contribution in [0, 0.1) is 0 Å². The average Bonchev–Trinajstić information content (AvgIpc) is 2.63. The van der Waals surface area contributed by atoms with Crippen molar-refractivity contribution < 1.29 is 8.42 Å². The first-order valence-electron chi connectivity index (χ1n) is 4.96. The first kappa shape index (κ1) is 14.6. The van der Waals surface area contributed by atoms with Crippen LogP contribution in [0.4, 0.5) is 5.69 Å². The third-order valence-electron chi connectivity index (χ3n) is 2.27. The molecule has 0 unspecified atom stereocenters. The predicted octanol–water partition coefficient (Wildman–Crippen LogP) is 3.29. The van der Waals surface area contributed by atoms with E-state index in [4.69, 9.17) is 23.2 Å². The number of aryl methyl sites for hydroxylation is 1. The third kappa shape index (κ3) is 3.05. The molecule has 0 saturated carbocycles. The summed E-state index contributed by atoms with van der Waals surface area (Å²) in [5.41, 5.74) is 0.363. The summed E-state index contributed by atoms with van der Waals surface area (Å²) < 4.78 is 28.6. The van der Waals surface area contributed by atoms with Crippen molar-refractivity contribution in [3.05, 3.63) is 38.9 Å². The van der Waals surface area contributed by atoms with Crippen LogP contribution in [-0.2, 0) is 17.1 Å². The number of rotatable bonds is 3. The number of nitrogens with zero attached hydrogens (tertiary/aromatic N) is 2. The van der Waals surface area contributed by atoms with Gasteiger partial charge in [0.15, 0.2) is 5.03 Å². The quantitative estimate of drug-likeness (QED) is 0.882. The Hall–Kier alpha value is -0.760. The van der Waals surface area contributed by atoms with Gasteiger partial charge in [0.05, 0.1) is 16.9 Å². The molecule has 0 amide bonds. The highest BCUT2D eigenvalue weighted by molar-refractivity contribution is 9.10. The molecule has 2 rings (SSSR count). The van der Waals surface area contributed by atoms with Crippen LogP contribution in [0.3, 0.4) is 0 Å². The largest absolute Gasteiger partial charge is 0.280 e. The van der Waals surface area contributed by atoms with Crippen LogP contribution in [0.2, 0.25) is 10.0 Å². The topological polar surface area (TPSA) is 64.0 Å². The normalized spacial score (nSPS) is 11.6. The van der Waals surface area contributed by atoms with E-state index in [9.17, 15) is 8.42 Å². The molecule has 0 radical (unpaired) electrons. The lowest BCUT2D eigenvalue weighted by molar-refractivity contribution is 0.582. The average molecular weight is 385 g/mol. The minimum absolute atomic E-state index is 0.0556. The van der Waals surface area contributed by atoms with Gasteiger partial charge in [0.2, 0.25) is 0 Å². The Labute approximate surface area is 128 Å². The maximum absolute atomic E-state index is 12.2. The van der Waals surface area contributed by atoms with Crippen LogP contribution in [0.15, 0.2) is 33.9 Å². The van der Waals surface area contributed by atoms with Crippen LogP contribution >= 0.6 is 39.1 Å². The van der Waals surface area contributed by atoms with Gasteiger partial charge in [-0.15, -0.1) is 0 Å². The summed E-state index contributed by atoms with van der Waals surface area (Å²) in [4.78, 5) is 0. The van der Waals surface area contributed by atoms with E-state index < -0.39 is 10.0 Å². The van der Waals surface area contributed by atoms with Crippen molar-refractivity contribution in [2.45, 2.75) is 5.03 Å². The van der Waals surface area contributed by atoms with Crippen molar-refractivity contribution in [1.82, 2.24) is 9.78 Å². The highest BCUT2D eigenvalue weighted by Gasteiger charge is 2.23. The number of nitrogens with one attached hydrogen (secondary N) is 1. The maximum atomic E-state index is 12.2. The molecular weight excluding hydrogens is 377 g/mol. The van der Waals surface area contributed by atoms with Gasteiger partial charge < -0.3 is 0 Å². The van der Waals surface area contributed by atoms with Gasteiger partial charge in [-0.1, -0.05) is 23.2 Å². The SMILES string of the molecule is Cn1ncc(Cl)c1S(=O)(=O)Nc1ccc(Cl)cc1Br. The van der Waals surface area contributed by atoms with Crippen LogP contribution in [-0.4, -0.2) is 18.2 Å². The number of benzene rings is 1. The monoisotopic (exact) mass is 383 g/mol. The van der Waals surface area contributed by atoms with Gasteiger partial charge in [-0.25, -0.2) is 0 Å². The van der Waals surface area contributed by atoms with Gasteiger partial charge in [-0.2, -0.15) is 13.5 Å². The second kappa shape index (κ2) is 5.32. The number of sulfonamides is 1. The molecule has 1 N–H and O–H groups in total. The Balaban J connectivity index is 2.42. The van der Waals surface area contributed by atoms with E-state index in [1.165, 1.54) is 17.9 Å².